The third-order valence-electron chi connectivity index (χ3n) is 5.01. The highest BCUT2D eigenvalue weighted by Gasteiger charge is 2.49. The van der Waals surface area contributed by atoms with Crippen LogP contribution in [0.1, 0.15) is 35.3 Å². The van der Waals surface area contributed by atoms with Gasteiger partial charge in [-0.1, -0.05) is 38.1 Å². The van der Waals surface area contributed by atoms with Crippen molar-refractivity contribution in [3.05, 3.63) is 59.2 Å². The molecular weight excluding hydrogens is 372 g/mol. The zero-order valence-corrected chi connectivity index (χ0v) is 16.4. The fourth-order valence-corrected chi connectivity index (χ4v) is 3.74. The molecule has 0 fully saturated rings. The molecule has 0 aliphatic carbocycles. The van der Waals surface area contributed by atoms with Gasteiger partial charge < -0.3 is 19.7 Å². The molecule has 0 bridgehead atoms. The average Bonchev–Trinajstić information content (AvgIpc) is 3.20. The minimum atomic E-state index is -1.59. The molecule has 8 nitrogen and oxygen atoms in total. The first-order chi connectivity index (χ1) is 13.8. The van der Waals surface area contributed by atoms with Crippen LogP contribution in [0, 0.1) is 5.92 Å². The number of methoxy groups -OCH3 is 1. The Kier molecular flexibility index (Phi) is 4.50. The summed E-state index contributed by atoms with van der Waals surface area (Å²) in [6.45, 7) is 4.40. The first-order valence-corrected chi connectivity index (χ1v) is 9.33. The number of nitrogens with zero attached hydrogens (tertiary/aromatic N) is 2. The molecule has 2 aromatic carbocycles. The second-order valence-corrected chi connectivity index (χ2v) is 7.46. The number of H-pyrrole nitrogens is 1. The molecule has 0 radical (unpaired) electrons. The number of carbonyl (C=O) groups excluding carboxylic acids is 2. The van der Waals surface area contributed by atoms with Gasteiger partial charge in [-0.15, -0.1) is 0 Å². The number of fused-ring (bicyclic) bond motifs is 2. The van der Waals surface area contributed by atoms with Crippen molar-refractivity contribution in [2.45, 2.75) is 19.6 Å². The highest BCUT2D eigenvalue weighted by molar-refractivity contribution is 6.00. The standard InChI is InChI=1S/C21H22N4O4/c1-12(2)11-25-18(26)14-6-4-5-7-15(14)21(25,28)13-8-9-16-17(10-13)23-19(22-16)24-20(27)29-3/h4-10,12,28H,11H2,1-3H3,(H2,22,23,24,27). The fraction of sp³-hybridized carbons (Fsp3) is 0.286. The van der Waals surface area contributed by atoms with Gasteiger partial charge in [0.25, 0.3) is 5.91 Å². The van der Waals surface area contributed by atoms with Crippen molar-refractivity contribution < 1.29 is 19.4 Å². The van der Waals surface area contributed by atoms with Gasteiger partial charge in [0, 0.05) is 23.2 Å². The average molecular weight is 394 g/mol. The molecular formula is C21H22N4O4. The number of carbonyl (C=O) groups is 2. The maximum atomic E-state index is 13.0. The summed E-state index contributed by atoms with van der Waals surface area (Å²) >= 11 is 0. The number of nitrogens with one attached hydrogen (secondary N) is 2. The summed E-state index contributed by atoms with van der Waals surface area (Å²) in [4.78, 5) is 33.2. The number of imidazole rings is 1. The van der Waals surface area contributed by atoms with E-state index in [4.69, 9.17) is 0 Å². The highest BCUT2D eigenvalue weighted by Crippen LogP contribution is 2.43. The van der Waals surface area contributed by atoms with Crippen molar-refractivity contribution in [3.63, 3.8) is 0 Å². The summed E-state index contributed by atoms with van der Waals surface area (Å²) in [6, 6.07) is 12.3. The lowest BCUT2D eigenvalue weighted by Crippen LogP contribution is -2.46. The number of hydrogen-bond donors (Lipinski definition) is 3. The first kappa shape index (κ1) is 18.9. The van der Waals surface area contributed by atoms with E-state index in [1.54, 1.807) is 36.4 Å². The molecule has 4 rings (SSSR count). The van der Waals surface area contributed by atoms with Crippen LogP contribution in [0.2, 0.25) is 0 Å². The van der Waals surface area contributed by atoms with Gasteiger partial charge in [-0.05, 0) is 24.1 Å². The van der Waals surface area contributed by atoms with Crippen LogP contribution >= 0.6 is 0 Å². The van der Waals surface area contributed by atoms with E-state index >= 15 is 0 Å². The van der Waals surface area contributed by atoms with Gasteiger partial charge in [0.15, 0.2) is 5.72 Å². The number of rotatable bonds is 4. The molecule has 1 aliphatic rings. The molecule has 1 aromatic heterocycles. The molecule has 2 heterocycles. The van der Waals surface area contributed by atoms with Crippen molar-refractivity contribution >= 4 is 29.0 Å². The molecule has 150 valence electrons. The number of anilines is 1. The number of ether oxygens (including phenoxy) is 1. The summed E-state index contributed by atoms with van der Waals surface area (Å²) in [6.07, 6.45) is -0.638. The maximum absolute atomic E-state index is 13.0. The molecule has 1 unspecified atom stereocenters. The number of aromatic amines is 1. The molecule has 0 spiro atoms. The minimum Gasteiger partial charge on any atom is -0.453 e. The maximum Gasteiger partial charge on any atom is 0.413 e. The van der Waals surface area contributed by atoms with Crippen molar-refractivity contribution in [2.75, 3.05) is 19.0 Å². The van der Waals surface area contributed by atoms with Crippen LogP contribution in [0.5, 0.6) is 0 Å². The molecule has 8 heteroatoms. The minimum absolute atomic E-state index is 0.173. The summed E-state index contributed by atoms with van der Waals surface area (Å²) in [7, 11) is 1.27. The molecule has 29 heavy (non-hydrogen) atoms. The smallest absolute Gasteiger partial charge is 0.413 e. The Balaban J connectivity index is 1.83. The molecule has 1 aliphatic heterocycles. The zero-order chi connectivity index (χ0) is 20.8. The van der Waals surface area contributed by atoms with Gasteiger partial charge >= 0.3 is 6.09 Å². The second-order valence-electron chi connectivity index (χ2n) is 7.46. The Hall–Kier alpha value is -3.39. The topological polar surface area (TPSA) is 108 Å². The van der Waals surface area contributed by atoms with E-state index in [-0.39, 0.29) is 17.8 Å². The van der Waals surface area contributed by atoms with Crippen LogP contribution in [0.15, 0.2) is 42.5 Å². The van der Waals surface area contributed by atoms with E-state index in [9.17, 15) is 14.7 Å². The summed E-state index contributed by atoms with van der Waals surface area (Å²) < 4.78 is 4.58. The number of aliphatic hydroxyl groups is 1. The lowest BCUT2D eigenvalue weighted by molar-refractivity contribution is -0.0543. The Morgan fingerprint density at radius 3 is 2.79 bits per heavy atom. The SMILES string of the molecule is COC(=O)Nc1nc2ccc(C3(O)c4ccccc4C(=O)N3CC(C)C)cc2[nH]1. The largest absolute Gasteiger partial charge is 0.453 e. The van der Waals surface area contributed by atoms with E-state index in [1.165, 1.54) is 12.0 Å². The quantitative estimate of drug-likeness (QED) is 0.630. The number of aromatic nitrogens is 2. The van der Waals surface area contributed by atoms with E-state index in [2.05, 4.69) is 20.0 Å². The van der Waals surface area contributed by atoms with Crippen LogP contribution in [-0.4, -0.2) is 45.6 Å². The van der Waals surface area contributed by atoms with Gasteiger partial charge in [0.1, 0.15) is 0 Å². The third kappa shape index (κ3) is 3.01. The van der Waals surface area contributed by atoms with Crippen LogP contribution < -0.4 is 5.32 Å². The summed E-state index contributed by atoms with van der Waals surface area (Å²) in [5, 5.41) is 14.3. The Morgan fingerprint density at radius 1 is 1.31 bits per heavy atom. The predicted octanol–water partition coefficient (Wildman–Crippen LogP) is 3.05. The summed E-state index contributed by atoms with van der Waals surface area (Å²) in [5.74, 6) is 0.207. The van der Waals surface area contributed by atoms with Crippen LogP contribution in [0.4, 0.5) is 10.7 Å². The Bertz CT molecular complexity index is 1110. The van der Waals surface area contributed by atoms with Gasteiger partial charge in [-0.3, -0.25) is 10.1 Å². The fourth-order valence-electron chi connectivity index (χ4n) is 3.74. The Labute approximate surface area is 167 Å². The normalized spacial score (nSPS) is 18.4. The van der Waals surface area contributed by atoms with Crippen LogP contribution in [0.3, 0.4) is 0 Å². The van der Waals surface area contributed by atoms with E-state index in [0.29, 0.717) is 34.3 Å². The number of benzene rings is 2. The van der Waals surface area contributed by atoms with Crippen LogP contribution in [0.25, 0.3) is 11.0 Å². The molecule has 3 aromatic rings. The first-order valence-electron chi connectivity index (χ1n) is 9.33. The van der Waals surface area contributed by atoms with Crippen molar-refractivity contribution in [3.8, 4) is 0 Å². The third-order valence-corrected chi connectivity index (χ3v) is 5.01. The van der Waals surface area contributed by atoms with Crippen LogP contribution in [-0.2, 0) is 10.5 Å². The van der Waals surface area contributed by atoms with Crippen molar-refractivity contribution in [1.82, 2.24) is 14.9 Å². The second kappa shape index (κ2) is 6.89. The van der Waals surface area contributed by atoms with Gasteiger partial charge in [0.2, 0.25) is 5.95 Å². The van der Waals surface area contributed by atoms with Gasteiger partial charge in [0.05, 0.1) is 18.1 Å². The molecule has 1 atom stereocenters. The van der Waals surface area contributed by atoms with E-state index in [0.717, 1.165) is 0 Å². The number of hydrogen-bond acceptors (Lipinski definition) is 5. The lowest BCUT2D eigenvalue weighted by atomic mass is 9.93. The highest BCUT2D eigenvalue weighted by atomic mass is 16.5. The van der Waals surface area contributed by atoms with Gasteiger partial charge in [-0.25, -0.2) is 9.78 Å². The molecule has 3 N–H and O–H groups in total. The zero-order valence-electron chi connectivity index (χ0n) is 16.4. The van der Waals surface area contributed by atoms with E-state index in [1.807, 2.05) is 19.9 Å². The monoisotopic (exact) mass is 394 g/mol. The lowest BCUT2D eigenvalue weighted by Gasteiger charge is -2.36. The molecule has 0 saturated carbocycles. The van der Waals surface area contributed by atoms with Gasteiger partial charge in [-0.2, -0.15) is 0 Å². The van der Waals surface area contributed by atoms with Crippen molar-refractivity contribution in [2.24, 2.45) is 5.92 Å². The predicted molar refractivity (Wildman–Crippen MR) is 107 cm³/mol. The summed E-state index contributed by atoms with van der Waals surface area (Å²) in [5.41, 5.74) is 1.22. The molecule has 2 amide bonds. The van der Waals surface area contributed by atoms with Crippen molar-refractivity contribution in [1.29, 1.82) is 0 Å². The van der Waals surface area contributed by atoms with E-state index < -0.39 is 11.8 Å². The molecule has 0 saturated heterocycles. The Morgan fingerprint density at radius 2 is 2.07 bits per heavy atom. The number of amides is 2.